The third kappa shape index (κ3) is 3.86. The summed E-state index contributed by atoms with van der Waals surface area (Å²) in [4.78, 5) is 1.39. The van der Waals surface area contributed by atoms with Crippen LogP contribution in [0.3, 0.4) is 0 Å². The van der Waals surface area contributed by atoms with Gasteiger partial charge in [-0.25, -0.2) is 13.1 Å². The van der Waals surface area contributed by atoms with E-state index in [0.717, 1.165) is 24.1 Å². The summed E-state index contributed by atoms with van der Waals surface area (Å²) >= 11 is 1.52. The SMILES string of the molecule is CC1(C)CCC(NS(=O)(=O)c2ccsc2CNC2CC2)C1. The quantitative estimate of drug-likeness (QED) is 0.844. The van der Waals surface area contributed by atoms with Gasteiger partial charge in [-0.05, 0) is 49.0 Å². The Morgan fingerprint density at radius 2 is 2.05 bits per heavy atom. The Morgan fingerprint density at radius 1 is 1.29 bits per heavy atom. The maximum absolute atomic E-state index is 12.6. The van der Waals surface area contributed by atoms with Crippen LogP contribution in [-0.4, -0.2) is 20.5 Å². The topological polar surface area (TPSA) is 58.2 Å². The smallest absolute Gasteiger partial charge is 0.241 e. The largest absolute Gasteiger partial charge is 0.309 e. The minimum Gasteiger partial charge on any atom is -0.309 e. The summed E-state index contributed by atoms with van der Waals surface area (Å²) in [6.07, 6.45) is 5.36. The van der Waals surface area contributed by atoms with Crippen molar-refractivity contribution in [1.82, 2.24) is 10.0 Å². The van der Waals surface area contributed by atoms with Crippen molar-refractivity contribution in [3.8, 4) is 0 Å². The molecule has 6 heteroatoms. The fraction of sp³-hybridized carbons (Fsp3) is 0.733. The fourth-order valence-electron chi connectivity index (χ4n) is 3.04. The van der Waals surface area contributed by atoms with Gasteiger partial charge in [0.15, 0.2) is 0 Å². The average Bonchev–Trinajstić information content (AvgIpc) is 2.97. The monoisotopic (exact) mass is 328 g/mol. The lowest BCUT2D eigenvalue weighted by atomic mass is 9.92. The minimum absolute atomic E-state index is 0.0779. The summed E-state index contributed by atoms with van der Waals surface area (Å²) in [5.41, 5.74) is 0.248. The lowest BCUT2D eigenvalue weighted by Crippen LogP contribution is -2.34. The van der Waals surface area contributed by atoms with Crippen LogP contribution in [0, 0.1) is 5.41 Å². The van der Waals surface area contributed by atoms with Crippen molar-refractivity contribution < 1.29 is 8.42 Å². The Balaban J connectivity index is 1.68. The Hall–Kier alpha value is -0.430. The van der Waals surface area contributed by atoms with Gasteiger partial charge in [0.2, 0.25) is 10.0 Å². The first-order valence-corrected chi connectivity index (χ1v) is 10.0. The first-order valence-electron chi connectivity index (χ1n) is 7.68. The van der Waals surface area contributed by atoms with E-state index in [4.69, 9.17) is 0 Å². The molecule has 118 valence electrons. The second-order valence-electron chi connectivity index (χ2n) is 7.09. The Labute approximate surface area is 131 Å². The van der Waals surface area contributed by atoms with Crippen molar-refractivity contribution in [2.45, 2.75) is 69.5 Å². The van der Waals surface area contributed by atoms with E-state index in [-0.39, 0.29) is 11.5 Å². The molecular weight excluding hydrogens is 304 g/mol. The highest BCUT2D eigenvalue weighted by Gasteiger charge is 2.34. The Kier molecular flexibility index (Phi) is 4.16. The second kappa shape index (κ2) is 5.65. The highest BCUT2D eigenvalue weighted by Crippen LogP contribution is 2.37. The molecule has 21 heavy (non-hydrogen) atoms. The van der Waals surface area contributed by atoms with E-state index < -0.39 is 10.0 Å². The van der Waals surface area contributed by atoms with E-state index >= 15 is 0 Å². The molecule has 0 aromatic carbocycles. The third-order valence-corrected chi connectivity index (χ3v) is 7.07. The van der Waals surface area contributed by atoms with Crippen LogP contribution in [-0.2, 0) is 16.6 Å². The molecule has 2 saturated carbocycles. The Bertz CT molecular complexity index is 603. The van der Waals surface area contributed by atoms with Crippen LogP contribution >= 0.6 is 11.3 Å². The lowest BCUT2D eigenvalue weighted by molar-refractivity contribution is 0.372. The molecule has 1 atom stereocenters. The van der Waals surface area contributed by atoms with Gasteiger partial charge in [-0.1, -0.05) is 13.8 Å². The molecule has 0 aliphatic heterocycles. The van der Waals surface area contributed by atoms with E-state index in [1.165, 1.54) is 24.2 Å². The van der Waals surface area contributed by atoms with Gasteiger partial charge < -0.3 is 5.32 Å². The van der Waals surface area contributed by atoms with Crippen molar-refractivity contribution >= 4 is 21.4 Å². The highest BCUT2D eigenvalue weighted by molar-refractivity contribution is 7.89. The molecule has 0 radical (unpaired) electrons. The van der Waals surface area contributed by atoms with E-state index in [2.05, 4.69) is 23.9 Å². The zero-order valence-electron chi connectivity index (χ0n) is 12.7. The summed E-state index contributed by atoms with van der Waals surface area (Å²) in [6.45, 7) is 5.07. The molecule has 2 aliphatic carbocycles. The summed E-state index contributed by atoms with van der Waals surface area (Å²) in [5, 5.41) is 5.27. The van der Waals surface area contributed by atoms with Crippen molar-refractivity contribution in [3.05, 3.63) is 16.3 Å². The van der Waals surface area contributed by atoms with Crippen LogP contribution < -0.4 is 10.0 Å². The normalized spacial score (nSPS) is 25.3. The molecule has 3 rings (SSSR count). The van der Waals surface area contributed by atoms with E-state index in [9.17, 15) is 8.42 Å². The van der Waals surface area contributed by atoms with Gasteiger partial charge in [-0.3, -0.25) is 0 Å². The summed E-state index contributed by atoms with van der Waals surface area (Å²) in [5.74, 6) is 0. The van der Waals surface area contributed by atoms with E-state index in [1.54, 1.807) is 6.07 Å². The van der Waals surface area contributed by atoms with Gasteiger partial charge in [0.1, 0.15) is 0 Å². The second-order valence-corrected chi connectivity index (χ2v) is 9.77. The van der Waals surface area contributed by atoms with Gasteiger partial charge in [0, 0.05) is 23.5 Å². The molecule has 1 aromatic heterocycles. The maximum Gasteiger partial charge on any atom is 0.241 e. The van der Waals surface area contributed by atoms with Gasteiger partial charge in [0.25, 0.3) is 0 Å². The lowest BCUT2D eigenvalue weighted by Gasteiger charge is -2.18. The molecule has 1 unspecified atom stereocenters. The van der Waals surface area contributed by atoms with Crippen molar-refractivity contribution in [2.75, 3.05) is 0 Å². The number of hydrogen-bond acceptors (Lipinski definition) is 4. The molecule has 4 nitrogen and oxygen atoms in total. The predicted octanol–water partition coefficient (Wildman–Crippen LogP) is 2.86. The van der Waals surface area contributed by atoms with Crippen LogP contribution in [0.15, 0.2) is 16.3 Å². The number of thiophene rings is 1. The molecule has 2 fully saturated rings. The number of hydrogen-bond donors (Lipinski definition) is 2. The van der Waals surface area contributed by atoms with E-state index in [0.29, 0.717) is 17.5 Å². The number of nitrogens with one attached hydrogen (secondary N) is 2. The first-order chi connectivity index (χ1) is 9.86. The van der Waals surface area contributed by atoms with Crippen molar-refractivity contribution in [3.63, 3.8) is 0 Å². The van der Waals surface area contributed by atoms with Gasteiger partial charge in [-0.15, -0.1) is 11.3 Å². The predicted molar refractivity (Wildman–Crippen MR) is 85.9 cm³/mol. The first kappa shape index (κ1) is 15.5. The zero-order chi connectivity index (χ0) is 15.1. The molecular formula is C15H24N2O2S2. The van der Waals surface area contributed by atoms with Crippen LogP contribution in [0.2, 0.25) is 0 Å². The van der Waals surface area contributed by atoms with Crippen LogP contribution in [0.5, 0.6) is 0 Å². The molecule has 0 amide bonds. The summed E-state index contributed by atoms with van der Waals surface area (Å²) < 4.78 is 28.1. The third-order valence-electron chi connectivity index (χ3n) is 4.41. The average molecular weight is 329 g/mol. The molecule has 1 heterocycles. The van der Waals surface area contributed by atoms with Crippen LogP contribution in [0.4, 0.5) is 0 Å². The molecule has 0 spiro atoms. The minimum atomic E-state index is -3.39. The van der Waals surface area contributed by atoms with Crippen molar-refractivity contribution in [1.29, 1.82) is 0 Å². The van der Waals surface area contributed by atoms with Gasteiger partial charge >= 0.3 is 0 Å². The van der Waals surface area contributed by atoms with Gasteiger partial charge in [0.05, 0.1) is 4.90 Å². The van der Waals surface area contributed by atoms with E-state index in [1.807, 2.05) is 5.38 Å². The summed E-state index contributed by atoms with van der Waals surface area (Å²) in [6, 6.07) is 2.40. The standard InChI is InChI=1S/C15H24N2O2S2/c1-15(2)7-5-12(9-15)17-21(18,19)14-6-8-20-13(14)10-16-11-3-4-11/h6,8,11-12,16-17H,3-5,7,9-10H2,1-2H3. The highest BCUT2D eigenvalue weighted by atomic mass is 32.2. The van der Waals surface area contributed by atoms with Gasteiger partial charge in [-0.2, -0.15) is 0 Å². The fourth-order valence-corrected chi connectivity index (χ4v) is 5.71. The molecule has 2 aliphatic rings. The molecule has 0 bridgehead atoms. The molecule has 0 saturated heterocycles. The maximum atomic E-state index is 12.6. The Morgan fingerprint density at radius 3 is 2.67 bits per heavy atom. The van der Waals surface area contributed by atoms with Crippen molar-refractivity contribution in [2.24, 2.45) is 5.41 Å². The molecule has 1 aromatic rings. The number of sulfonamides is 1. The number of rotatable bonds is 6. The van der Waals surface area contributed by atoms with Crippen LogP contribution in [0.1, 0.15) is 50.8 Å². The summed E-state index contributed by atoms with van der Waals surface area (Å²) in [7, 11) is -3.39. The van der Waals surface area contributed by atoms with Crippen LogP contribution in [0.25, 0.3) is 0 Å². The zero-order valence-corrected chi connectivity index (χ0v) is 14.3. The molecule has 2 N–H and O–H groups in total.